The molecule has 1 N–H and O–H groups in total. The minimum absolute atomic E-state index is 0.246. The fourth-order valence-corrected chi connectivity index (χ4v) is 2.20. The number of rotatable bonds is 2. The van der Waals surface area contributed by atoms with Crippen molar-refractivity contribution in [2.75, 3.05) is 6.26 Å². The molecule has 0 aliphatic carbocycles. The number of hydrogen-bond donors (Lipinski definition) is 1. The van der Waals surface area contributed by atoms with Gasteiger partial charge in [0.05, 0.1) is 16.4 Å². The van der Waals surface area contributed by atoms with E-state index in [4.69, 9.17) is 0 Å². The second kappa shape index (κ2) is 5.46. The van der Waals surface area contributed by atoms with Crippen molar-refractivity contribution in [3.05, 3.63) is 22.8 Å². The molecule has 7 nitrogen and oxygen atoms in total. The van der Waals surface area contributed by atoms with Crippen LogP contribution in [0.5, 0.6) is 0 Å². The van der Waals surface area contributed by atoms with Crippen LogP contribution in [0.15, 0.2) is 18.7 Å². The van der Waals surface area contributed by atoms with E-state index in [1.165, 1.54) is 0 Å². The van der Waals surface area contributed by atoms with Gasteiger partial charge in [0.2, 0.25) is 0 Å². The normalized spacial score (nSPS) is 12.7. The zero-order valence-electron chi connectivity index (χ0n) is 8.21. The van der Waals surface area contributed by atoms with Crippen molar-refractivity contribution in [3.63, 3.8) is 0 Å². The minimum atomic E-state index is -5.92. The number of aromatic amines is 1. The highest BCUT2D eigenvalue weighted by Gasteiger charge is 2.39. The lowest BCUT2D eigenvalue weighted by atomic mass is 11.0. The summed E-state index contributed by atoms with van der Waals surface area (Å²) in [6.07, 6.45) is 5.33. The first kappa shape index (κ1) is 15.9. The number of halogens is 3. The second-order valence-corrected chi connectivity index (χ2v) is 5.96. The van der Waals surface area contributed by atoms with Crippen molar-refractivity contribution in [1.29, 1.82) is 0 Å². The first-order valence-electron chi connectivity index (χ1n) is 3.64. The van der Waals surface area contributed by atoms with Crippen LogP contribution < -0.4 is 0 Å². The fourth-order valence-electron chi connectivity index (χ4n) is 0.436. The number of hydrogen-bond acceptors (Lipinski definition) is 5. The lowest BCUT2D eigenvalue weighted by Gasteiger charge is -2.19. The summed E-state index contributed by atoms with van der Waals surface area (Å²) < 4.78 is 76.0. The van der Waals surface area contributed by atoms with Gasteiger partial charge in [-0.3, -0.25) is 0 Å². The van der Waals surface area contributed by atoms with Gasteiger partial charge in [0.15, 0.2) is 10.0 Å². The molecule has 1 aromatic heterocycles. The van der Waals surface area contributed by atoms with E-state index in [2.05, 4.69) is 9.97 Å². The van der Waals surface area contributed by atoms with E-state index in [1.54, 1.807) is 22.8 Å². The van der Waals surface area contributed by atoms with Crippen molar-refractivity contribution < 1.29 is 30.0 Å². The van der Waals surface area contributed by atoms with Crippen LogP contribution in [0.1, 0.15) is 0 Å². The molecule has 0 bridgehead atoms. The van der Waals surface area contributed by atoms with Gasteiger partial charge < -0.3 is 9.11 Å². The molecule has 0 fully saturated rings. The van der Waals surface area contributed by atoms with Gasteiger partial charge in [0.1, 0.15) is 0 Å². The van der Waals surface area contributed by atoms with E-state index < -0.39 is 25.6 Å². The molecule has 0 radical (unpaired) electrons. The van der Waals surface area contributed by atoms with E-state index in [-0.39, 0.29) is 6.26 Å². The van der Waals surface area contributed by atoms with Gasteiger partial charge in [-0.15, -0.1) is 0 Å². The molecule has 100 valence electrons. The van der Waals surface area contributed by atoms with Crippen molar-refractivity contribution in [2.24, 2.45) is 0 Å². The zero-order chi connectivity index (χ0) is 13.7. The van der Waals surface area contributed by atoms with Gasteiger partial charge in [0.25, 0.3) is 0 Å². The molecule has 0 saturated heterocycles. The highest BCUT2D eigenvalue weighted by atomic mass is 32.3. The minimum Gasteiger partial charge on any atom is -0.429 e. The topological polar surface area (TPSA) is 111 Å². The Morgan fingerprint density at radius 3 is 1.88 bits per heavy atom. The highest BCUT2D eigenvalue weighted by Crippen LogP contribution is 2.29. The standard InChI is InChI=1S/C3H4N2.C2H3F3NO4S2/c1-2-5-3-4-1;1-11(7,8)6-12(9,10)2(3,4)5/h1-3H,(H,4,5);1H3/q;-1. The molecule has 12 heteroatoms. The van der Waals surface area contributed by atoms with Crippen LogP contribution >= 0.6 is 0 Å². The quantitative estimate of drug-likeness (QED) is 0.857. The Morgan fingerprint density at radius 2 is 1.76 bits per heavy atom. The number of imidazole rings is 1. The first-order valence-corrected chi connectivity index (χ1v) is 6.93. The number of alkyl halides is 3. The van der Waals surface area contributed by atoms with Crippen molar-refractivity contribution in [2.45, 2.75) is 5.51 Å². The summed E-state index contributed by atoms with van der Waals surface area (Å²) in [4.78, 5) is 6.42. The molecule has 0 spiro atoms. The lowest BCUT2D eigenvalue weighted by Crippen LogP contribution is -2.23. The maximum atomic E-state index is 11.4. The maximum absolute atomic E-state index is 11.4. The average molecular weight is 294 g/mol. The highest BCUT2D eigenvalue weighted by molar-refractivity contribution is 8.12. The molecule has 1 heterocycles. The Bertz CT molecular complexity index is 502. The van der Waals surface area contributed by atoms with E-state index >= 15 is 0 Å². The Labute approximate surface area is 95.2 Å². The molecule has 0 saturated carbocycles. The van der Waals surface area contributed by atoms with Crippen molar-refractivity contribution in [3.8, 4) is 0 Å². The van der Waals surface area contributed by atoms with E-state index in [0.29, 0.717) is 0 Å². The van der Waals surface area contributed by atoms with Gasteiger partial charge in [-0.25, -0.2) is 21.8 Å². The third-order valence-electron chi connectivity index (χ3n) is 0.932. The molecule has 0 aliphatic heterocycles. The van der Waals surface area contributed by atoms with Crippen LogP contribution in [-0.4, -0.2) is 38.6 Å². The number of nitrogens with zero attached hydrogens (tertiary/aromatic N) is 2. The van der Waals surface area contributed by atoms with Crippen molar-refractivity contribution in [1.82, 2.24) is 9.97 Å². The van der Waals surface area contributed by atoms with Gasteiger partial charge in [-0.1, -0.05) is 0 Å². The van der Waals surface area contributed by atoms with E-state index in [1.807, 2.05) is 0 Å². The van der Waals surface area contributed by atoms with Crippen molar-refractivity contribution >= 4 is 20.0 Å². The Kier molecular flexibility index (Phi) is 5.10. The van der Waals surface area contributed by atoms with Crippen LogP contribution in [-0.2, 0) is 20.0 Å². The molecule has 17 heavy (non-hydrogen) atoms. The Morgan fingerprint density at radius 1 is 1.24 bits per heavy atom. The molecule has 0 atom stereocenters. The van der Waals surface area contributed by atoms with Crippen LogP contribution in [0, 0.1) is 0 Å². The lowest BCUT2D eigenvalue weighted by molar-refractivity contribution is -0.0425. The van der Waals surface area contributed by atoms with E-state index in [9.17, 15) is 30.0 Å². The summed E-state index contributed by atoms with van der Waals surface area (Å²) in [5.74, 6) is 0. The summed E-state index contributed by atoms with van der Waals surface area (Å²) in [6, 6.07) is 0. The van der Waals surface area contributed by atoms with E-state index in [0.717, 1.165) is 0 Å². The largest absolute Gasteiger partial charge is 0.480 e. The Hall–Kier alpha value is -1.14. The monoisotopic (exact) mass is 294 g/mol. The molecular formula is C5H7F3N3O4S2-. The number of nitrogens with one attached hydrogen (secondary N) is 1. The molecule has 0 amide bonds. The molecule has 1 rings (SSSR count). The van der Waals surface area contributed by atoms with Gasteiger partial charge in [0, 0.05) is 18.6 Å². The smallest absolute Gasteiger partial charge is 0.429 e. The van der Waals surface area contributed by atoms with Gasteiger partial charge in [-0.05, 0) is 0 Å². The van der Waals surface area contributed by atoms with Crippen LogP contribution in [0.25, 0.3) is 4.13 Å². The fraction of sp³-hybridized carbons (Fsp3) is 0.400. The third-order valence-corrected chi connectivity index (χ3v) is 3.39. The first-order chi connectivity index (χ1) is 7.46. The average Bonchev–Trinajstić information content (AvgIpc) is 2.51. The molecule has 0 aliphatic rings. The Balaban J connectivity index is 0.000000419. The summed E-state index contributed by atoms with van der Waals surface area (Å²) in [5, 5.41) is 0. The zero-order valence-corrected chi connectivity index (χ0v) is 9.84. The SMILES string of the molecule is CS(=O)(=O)[N-]S(=O)(=O)C(F)(F)F.c1c[nH]cn1. The maximum Gasteiger partial charge on any atom is 0.480 e. The van der Waals surface area contributed by atoms with Crippen LogP contribution in [0.2, 0.25) is 0 Å². The number of aromatic nitrogens is 2. The van der Waals surface area contributed by atoms with Crippen LogP contribution in [0.4, 0.5) is 13.2 Å². The summed E-state index contributed by atoms with van der Waals surface area (Å²) in [6.45, 7) is 0. The number of sulfonamides is 2. The van der Waals surface area contributed by atoms with Crippen LogP contribution in [0.3, 0.4) is 0 Å². The summed E-state index contributed by atoms with van der Waals surface area (Å²) >= 11 is 0. The van der Waals surface area contributed by atoms with Gasteiger partial charge >= 0.3 is 5.51 Å². The predicted molar refractivity (Wildman–Crippen MR) is 51.8 cm³/mol. The summed E-state index contributed by atoms with van der Waals surface area (Å²) in [5.41, 5.74) is -5.67. The summed E-state index contributed by atoms with van der Waals surface area (Å²) in [7, 11) is -10.5. The number of H-pyrrole nitrogens is 1. The second-order valence-electron chi connectivity index (χ2n) is 2.49. The third kappa shape index (κ3) is 6.91. The molecule has 1 aromatic rings. The van der Waals surface area contributed by atoms with Gasteiger partial charge in [-0.2, -0.15) is 13.2 Å². The molecular weight excluding hydrogens is 287 g/mol. The predicted octanol–water partition coefficient (Wildman–Crippen LogP) is 0.579. The molecule has 0 aromatic carbocycles. The molecule has 0 unspecified atom stereocenters.